The molecule has 0 aliphatic heterocycles. The number of hydrogen-bond acceptors (Lipinski definition) is 0. The molecule has 3 rings (SSSR count). The molecule has 0 nitrogen and oxygen atoms in total. The molecular formula is C42H66. The predicted molar refractivity (Wildman–Crippen MR) is 192 cm³/mol. The van der Waals surface area contributed by atoms with Crippen LogP contribution >= 0.6 is 0 Å². The lowest BCUT2D eigenvalue weighted by atomic mass is 9.82. The molecule has 0 saturated heterocycles. The summed E-state index contributed by atoms with van der Waals surface area (Å²) in [5.41, 5.74) is 10.0. The number of hydrogen-bond donors (Lipinski definition) is 0. The minimum Gasteiger partial charge on any atom is -0.0582 e. The zero-order valence-electron chi connectivity index (χ0n) is 30.9. The second kappa shape index (κ2) is 13.5. The molecule has 234 valence electrons. The fourth-order valence-electron chi connectivity index (χ4n) is 4.41. The molecule has 0 spiro atoms. The van der Waals surface area contributed by atoms with E-state index in [0.717, 1.165) is 0 Å². The third-order valence-electron chi connectivity index (χ3n) is 7.85. The summed E-state index contributed by atoms with van der Waals surface area (Å²) in [5, 5.41) is 0. The average Bonchev–Trinajstić information content (AvgIpc) is 2.82. The van der Waals surface area contributed by atoms with E-state index in [1.54, 1.807) is 0 Å². The summed E-state index contributed by atoms with van der Waals surface area (Å²) in [6, 6.07) is 27.0. The minimum atomic E-state index is 0.260. The Bertz CT molecular complexity index is 932. The van der Waals surface area contributed by atoms with Gasteiger partial charge in [-0.1, -0.05) is 197 Å². The Hall–Kier alpha value is -2.34. The van der Waals surface area contributed by atoms with Crippen LogP contribution in [-0.4, -0.2) is 0 Å². The summed E-state index contributed by atoms with van der Waals surface area (Å²) in [5.74, 6) is 0. The lowest BCUT2D eigenvalue weighted by Crippen LogP contribution is -2.14. The fraction of sp³-hybridized carbons (Fsp3) is 0.571. The van der Waals surface area contributed by atoms with Gasteiger partial charge in [-0.25, -0.2) is 0 Å². The SMILES string of the molecule is CC(C)(C)c1ccc(C(C)(C)C)cc1.CC(C)(C)c1ccc(C(C)(C)C)cc1.CC(C)(C)c1ccc(C(C)(C)C)cc1. The molecule has 0 aliphatic carbocycles. The maximum Gasteiger partial charge on any atom is -0.0132 e. The Balaban J connectivity index is 0.000000315. The van der Waals surface area contributed by atoms with Crippen molar-refractivity contribution in [3.8, 4) is 0 Å². The third kappa shape index (κ3) is 12.5. The van der Waals surface area contributed by atoms with Gasteiger partial charge in [-0.15, -0.1) is 0 Å². The van der Waals surface area contributed by atoms with Crippen molar-refractivity contribution in [2.75, 3.05) is 0 Å². The second-order valence-electron chi connectivity index (χ2n) is 18.2. The summed E-state index contributed by atoms with van der Waals surface area (Å²) >= 11 is 0. The average molecular weight is 571 g/mol. The Morgan fingerprint density at radius 2 is 0.262 bits per heavy atom. The standard InChI is InChI=1S/3C14H22/c3*1-13(2,3)11-7-9-12(10-8-11)14(4,5)6/h3*7-10H,1-6H3. The van der Waals surface area contributed by atoms with Crippen LogP contribution < -0.4 is 0 Å². The van der Waals surface area contributed by atoms with Crippen LogP contribution in [0.3, 0.4) is 0 Å². The van der Waals surface area contributed by atoms with Gasteiger partial charge in [0.15, 0.2) is 0 Å². The highest BCUT2D eigenvalue weighted by Crippen LogP contribution is 2.29. The summed E-state index contributed by atoms with van der Waals surface area (Å²) in [6.45, 7) is 40.5. The van der Waals surface area contributed by atoms with Gasteiger partial charge < -0.3 is 0 Å². The van der Waals surface area contributed by atoms with Crippen LogP contribution in [0.15, 0.2) is 72.8 Å². The second-order valence-corrected chi connectivity index (χ2v) is 18.2. The van der Waals surface area contributed by atoms with Crippen molar-refractivity contribution in [3.05, 3.63) is 106 Å². The molecule has 0 unspecified atom stereocenters. The molecule has 0 heteroatoms. The van der Waals surface area contributed by atoms with Crippen molar-refractivity contribution >= 4 is 0 Å². The lowest BCUT2D eigenvalue weighted by molar-refractivity contribution is 0.577. The topological polar surface area (TPSA) is 0 Å². The maximum atomic E-state index is 2.25. The van der Waals surface area contributed by atoms with E-state index in [0.29, 0.717) is 0 Å². The Morgan fingerprint density at radius 1 is 0.190 bits per heavy atom. The summed E-state index contributed by atoms with van der Waals surface area (Å²) in [6.07, 6.45) is 0. The van der Waals surface area contributed by atoms with E-state index in [9.17, 15) is 0 Å². The zero-order valence-corrected chi connectivity index (χ0v) is 30.9. The van der Waals surface area contributed by atoms with Crippen LogP contribution in [0.1, 0.15) is 158 Å². The molecule has 0 aliphatic rings. The van der Waals surface area contributed by atoms with Crippen LogP contribution in [-0.2, 0) is 32.5 Å². The molecule has 3 aromatic carbocycles. The highest BCUT2D eigenvalue weighted by Gasteiger charge is 2.19. The van der Waals surface area contributed by atoms with E-state index in [-0.39, 0.29) is 32.5 Å². The van der Waals surface area contributed by atoms with Gasteiger partial charge in [0.2, 0.25) is 0 Å². The van der Waals surface area contributed by atoms with Gasteiger partial charge in [0.05, 0.1) is 0 Å². The van der Waals surface area contributed by atoms with Gasteiger partial charge in [-0.05, 0) is 65.9 Å². The first-order chi connectivity index (χ1) is 18.6. The first kappa shape index (κ1) is 37.7. The van der Waals surface area contributed by atoms with Gasteiger partial charge in [0.1, 0.15) is 0 Å². The first-order valence-corrected chi connectivity index (χ1v) is 16.0. The molecule has 0 fully saturated rings. The number of rotatable bonds is 0. The minimum absolute atomic E-state index is 0.260. The monoisotopic (exact) mass is 571 g/mol. The van der Waals surface area contributed by atoms with Gasteiger partial charge in [-0.3, -0.25) is 0 Å². The van der Waals surface area contributed by atoms with Crippen molar-refractivity contribution in [1.29, 1.82) is 0 Å². The Morgan fingerprint density at radius 3 is 0.310 bits per heavy atom. The third-order valence-corrected chi connectivity index (χ3v) is 7.85. The van der Waals surface area contributed by atoms with Crippen molar-refractivity contribution in [1.82, 2.24) is 0 Å². The van der Waals surface area contributed by atoms with Crippen molar-refractivity contribution in [2.24, 2.45) is 0 Å². The van der Waals surface area contributed by atoms with Crippen molar-refractivity contribution in [2.45, 2.75) is 157 Å². The molecule has 0 radical (unpaired) electrons. The van der Waals surface area contributed by atoms with Gasteiger partial charge in [-0.2, -0.15) is 0 Å². The van der Waals surface area contributed by atoms with Crippen molar-refractivity contribution < 1.29 is 0 Å². The molecule has 0 N–H and O–H groups in total. The molecule has 3 aromatic rings. The summed E-state index contributed by atoms with van der Waals surface area (Å²) in [4.78, 5) is 0. The largest absolute Gasteiger partial charge is 0.0582 e. The van der Waals surface area contributed by atoms with Crippen LogP contribution in [0.2, 0.25) is 0 Å². The molecule has 0 aromatic heterocycles. The molecule has 0 bridgehead atoms. The van der Waals surface area contributed by atoms with E-state index in [4.69, 9.17) is 0 Å². The maximum absolute atomic E-state index is 2.25. The highest BCUT2D eigenvalue weighted by molar-refractivity contribution is 5.33. The Labute approximate surface area is 262 Å². The normalized spacial score (nSPS) is 13.0. The molecule has 0 atom stereocenters. The smallest absolute Gasteiger partial charge is 0.0132 e. The van der Waals surface area contributed by atoms with Crippen LogP contribution in [0.4, 0.5) is 0 Å². The quantitative estimate of drug-likeness (QED) is 0.252. The van der Waals surface area contributed by atoms with Crippen LogP contribution in [0, 0.1) is 0 Å². The molecular weight excluding hydrogens is 504 g/mol. The van der Waals surface area contributed by atoms with Crippen molar-refractivity contribution in [3.63, 3.8) is 0 Å². The van der Waals surface area contributed by atoms with Gasteiger partial charge in [0, 0.05) is 0 Å². The predicted octanol–water partition coefficient (Wildman–Crippen LogP) is 12.8. The van der Waals surface area contributed by atoms with Crippen LogP contribution in [0.5, 0.6) is 0 Å². The van der Waals surface area contributed by atoms with E-state index in [1.165, 1.54) is 33.4 Å². The van der Waals surface area contributed by atoms with E-state index >= 15 is 0 Å². The Kier molecular flexibility index (Phi) is 12.1. The van der Waals surface area contributed by atoms with E-state index in [2.05, 4.69) is 197 Å². The molecule has 0 saturated carbocycles. The first-order valence-electron chi connectivity index (χ1n) is 16.0. The fourth-order valence-corrected chi connectivity index (χ4v) is 4.41. The lowest BCUT2D eigenvalue weighted by Gasteiger charge is -2.23. The van der Waals surface area contributed by atoms with Gasteiger partial charge in [0.25, 0.3) is 0 Å². The van der Waals surface area contributed by atoms with E-state index < -0.39 is 0 Å². The zero-order chi connectivity index (χ0) is 32.9. The van der Waals surface area contributed by atoms with Gasteiger partial charge >= 0.3 is 0 Å². The summed E-state index contributed by atoms with van der Waals surface area (Å²) < 4.78 is 0. The highest BCUT2D eigenvalue weighted by atomic mass is 14.2. The molecule has 0 heterocycles. The van der Waals surface area contributed by atoms with Crippen LogP contribution in [0.25, 0.3) is 0 Å². The number of benzene rings is 3. The molecule has 0 amide bonds. The van der Waals surface area contributed by atoms with E-state index in [1.807, 2.05) is 0 Å². The molecule has 42 heavy (non-hydrogen) atoms. The summed E-state index contributed by atoms with van der Waals surface area (Å²) in [7, 11) is 0.